The molecule has 426 valence electrons. The van der Waals surface area contributed by atoms with Crippen molar-refractivity contribution < 1.29 is 42.1 Å². The average Bonchev–Trinajstić information content (AvgIpc) is 3.36. The van der Waals surface area contributed by atoms with Crippen LogP contribution in [0.5, 0.6) is 0 Å². The lowest BCUT2D eigenvalue weighted by Gasteiger charge is -2.24. The normalized spacial score (nSPS) is 14.0. The number of esters is 2. The van der Waals surface area contributed by atoms with E-state index in [9.17, 15) is 19.0 Å². The molecule has 10 heteroatoms. The third kappa shape index (κ3) is 58.2. The molecule has 0 aliphatic heterocycles. The number of likely N-dealkylation sites (N-methyl/N-ethyl adjacent to an activating group) is 1. The van der Waals surface area contributed by atoms with Gasteiger partial charge in [0.1, 0.15) is 19.8 Å². The van der Waals surface area contributed by atoms with E-state index in [1.54, 1.807) is 0 Å². The fraction of sp³-hybridized carbons (Fsp3) is 0.719. The number of phosphoric acid groups is 1. The molecular formula is C64H113NO8P+. The third-order valence-corrected chi connectivity index (χ3v) is 13.6. The molecule has 0 saturated carbocycles. The van der Waals surface area contributed by atoms with Crippen molar-refractivity contribution in [3.63, 3.8) is 0 Å². The number of carbonyl (C=O) groups is 2. The van der Waals surface area contributed by atoms with Crippen molar-refractivity contribution in [3.05, 3.63) is 97.2 Å². The SMILES string of the molecule is CC/C=C\C/C=C\C/C=C\C/C=C\C/C=C\C/C=C\C/C=C\C/C=C\CCCCCCC(=O)OC(COC(=O)CCCCCCCCCCCCCCCCCCCCCCC)COP(=O)(O)OCC[N+](C)(C)C. The molecule has 0 bridgehead atoms. The maximum atomic E-state index is 12.8. The lowest BCUT2D eigenvalue weighted by Crippen LogP contribution is -2.37. The summed E-state index contributed by atoms with van der Waals surface area (Å²) >= 11 is 0. The van der Waals surface area contributed by atoms with Gasteiger partial charge in [-0.2, -0.15) is 0 Å². The molecule has 9 nitrogen and oxygen atoms in total. The number of hydrogen-bond acceptors (Lipinski definition) is 7. The van der Waals surface area contributed by atoms with E-state index in [-0.39, 0.29) is 32.0 Å². The molecule has 2 atom stereocenters. The Morgan fingerprint density at radius 2 is 0.770 bits per heavy atom. The molecule has 0 aromatic rings. The van der Waals surface area contributed by atoms with Gasteiger partial charge in [-0.1, -0.05) is 252 Å². The van der Waals surface area contributed by atoms with E-state index in [2.05, 4.69) is 111 Å². The van der Waals surface area contributed by atoms with Gasteiger partial charge in [-0.15, -0.1) is 0 Å². The van der Waals surface area contributed by atoms with Crippen LogP contribution in [0.2, 0.25) is 0 Å². The molecule has 0 rings (SSSR count). The minimum atomic E-state index is -4.40. The molecule has 0 aliphatic carbocycles. The van der Waals surface area contributed by atoms with Crippen LogP contribution in [-0.4, -0.2) is 74.9 Å². The molecule has 0 aliphatic rings. The predicted molar refractivity (Wildman–Crippen MR) is 316 cm³/mol. The molecule has 0 radical (unpaired) electrons. The first-order valence-electron chi connectivity index (χ1n) is 30.0. The van der Waals surface area contributed by atoms with Crippen molar-refractivity contribution in [1.29, 1.82) is 0 Å². The summed E-state index contributed by atoms with van der Waals surface area (Å²) < 4.78 is 34.6. The molecule has 1 N–H and O–H groups in total. The van der Waals surface area contributed by atoms with Crippen molar-refractivity contribution in [2.75, 3.05) is 47.5 Å². The monoisotopic (exact) mass is 1050 g/mol. The number of unbranched alkanes of at least 4 members (excludes halogenated alkanes) is 24. The number of ether oxygens (including phenoxy) is 2. The second-order valence-corrected chi connectivity index (χ2v) is 22.5. The van der Waals surface area contributed by atoms with Gasteiger partial charge in [0.05, 0.1) is 27.7 Å². The molecule has 0 aromatic carbocycles. The molecular weight excluding hydrogens is 942 g/mol. The molecule has 74 heavy (non-hydrogen) atoms. The summed E-state index contributed by atoms with van der Waals surface area (Å²) in [5.41, 5.74) is 0. The van der Waals surface area contributed by atoms with Crippen LogP contribution in [0, 0.1) is 0 Å². The molecule has 0 fully saturated rings. The summed E-state index contributed by atoms with van der Waals surface area (Å²) in [7, 11) is 1.45. The summed E-state index contributed by atoms with van der Waals surface area (Å²) in [6, 6.07) is 0. The van der Waals surface area contributed by atoms with Crippen LogP contribution in [0.4, 0.5) is 0 Å². The molecule has 0 spiro atoms. The molecule has 0 amide bonds. The quantitative estimate of drug-likeness (QED) is 0.0211. The maximum Gasteiger partial charge on any atom is 0.472 e. The number of quaternary nitrogens is 1. The first-order chi connectivity index (χ1) is 36.0. The Labute approximate surface area is 455 Å². The summed E-state index contributed by atoms with van der Waals surface area (Å²) in [4.78, 5) is 35.7. The third-order valence-electron chi connectivity index (χ3n) is 12.6. The fourth-order valence-electron chi connectivity index (χ4n) is 8.03. The zero-order chi connectivity index (χ0) is 54.2. The van der Waals surface area contributed by atoms with Gasteiger partial charge in [0.2, 0.25) is 0 Å². The highest BCUT2D eigenvalue weighted by atomic mass is 31.2. The lowest BCUT2D eigenvalue weighted by atomic mass is 10.0. The van der Waals surface area contributed by atoms with Crippen LogP contribution in [0.15, 0.2) is 97.2 Å². The standard InChI is InChI=1S/C64H112NO8P/c1-6-8-10-12-14-16-18-20-22-24-26-28-29-30-31-32-33-34-35-37-39-41-43-45-47-49-51-53-55-57-64(67)73-62(61-72-74(68,69)71-59-58-65(3,4)5)60-70-63(66)56-54-52-50-48-46-44-42-40-38-36-27-25-23-21-19-17-15-13-11-9-7-2/h8,10,14,16,20,22,26,28,30-31,33-34,37,39,43,45,62H,6-7,9,11-13,15,17-19,21,23-25,27,29,32,35-36,38,40-42,44,46-61H2,1-5H3/p+1/b10-8-,16-14-,22-20-,28-26-,31-30-,34-33-,39-37-,45-43-. The van der Waals surface area contributed by atoms with Crippen molar-refractivity contribution in [3.8, 4) is 0 Å². The largest absolute Gasteiger partial charge is 0.472 e. The van der Waals surface area contributed by atoms with E-state index in [4.69, 9.17) is 18.5 Å². The van der Waals surface area contributed by atoms with Crippen molar-refractivity contribution in [2.24, 2.45) is 0 Å². The van der Waals surface area contributed by atoms with Crippen LogP contribution in [0.1, 0.15) is 245 Å². The van der Waals surface area contributed by atoms with Gasteiger partial charge < -0.3 is 18.9 Å². The topological polar surface area (TPSA) is 108 Å². The number of allylic oxidation sites excluding steroid dienone is 16. The minimum absolute atomic E-state index is 0.0226. The first-order valence-corrected chi connectivity index (χ1v) is 31.5. The zero-order valence-corrected chi connectivity index (χ0v) is 49.2. The van der Waals surface area contributed by atoms with Gasteiger partial charge in [-0.25, -0.2) is 4.57 Å². The van der Waals surface area contributed by atoms with Gasteiger partial charge >= 0.3 is 19.8 Å². The fourth-order valence-corrected chi connectivity index (χ4v) is 8.77. The Morgan fingerprint density at radius 3 is 1.15 bits per heavy atom. The number of hydrogen-bond donors (Lipinski definition) is 1. The highest BCUT2D eigenvalue weighted by Gasteiger charge is 2.27. The van der Waals surface area contributed by atoms with Gasteiger partial charge in [-0.3, -0.25) is 18.6 Å². The van der Waals surface area contributed by atoms with Crippen LogP contribution >= 0.6 is 7.82 Å². The van der Waals surface area contributed by atoms with Gasteiger partial charge in [0, 0.05) is 12.8 Å². The summed E-state index contributed by atoms with van der Waals surface area (Å²) in [5, 5.41) is 0. The smallest absolute Gasteiger partial charge is 0.462 e. The van der Waals surface area contributed by atoms with E-state index < -0.39 is 26.5 Å². The van der Waals surface area contributed by atoms with Crippen LogP contribution in [-0.2, 0) is 32.7 Å². The number of carbonyl (C=O) groups excluding carboxylic acids is 2. The average molecular weight is 1060 g/mol. The summed E-state index contributed by atoms with van der Waals surface area (Å²) in [6.07, 6.45) is 74.8. The minimum Gasteiger partial charge on any atom is -0.462 e. The Balaban J connectivity index is 4.24. The van der Waals surface area contributed by atoms with Crippen molar-refractivity contribution in [1.82, 2.24) is 0 Å². The molecule has 0 saturated heterocycles. The van der Waals surface area contributed by atoms with E-state index in [1.807, 2.05) is 21.1 Å². The van der Waals surface area contributed by atoms with Crippen molar-refractivity contribution >= 4 is 19.8 Å². The van der Waals surface area contributed by atoms with Gasteiger partial charge in [-0.05, 0) is 77.0 Å². The van der Waals surface area contributed by atoms with Crippen LogP contribution in [0.25, 0.3) is 0 Å². The van der Waals surface area contributed by atoms with Crippen molar-refractivity contribution in [2.45, 2.75) is 251 Å². The highest BCUT2D eigenvalue weighted by Crippen LogP contribution is 2.43. The second-order valence-electron chi connectivity index (χ2n) is 21.0. The molecule has 2 unspecified atom stereocenters. The maximum absolute atomic E-state index is 12.8. The number of phosphoric ester groups is 1. The molecule has 0 heterocycles. The number of nitrogens with zero attached hydrogens (tertiary/aromatic N) is 1. The van der Waals surface area contributed by atoms with Crippen LogP contribution in [0.3, 0.4) is 0 Å². The van der Waals surface area contributed by atoms with Crippen LogP contribution < -0.4 is 0 Å². The predicted octanol–water partition coefficient (Wildman–Crippen LogP) is 18.8. The Bertz CT molecular complexity index is 1570. The van der Waals surface area contributed by atoms with Gasteiger partial charge in [0.15, 0.2) is 6.10 Å². The summed E-state index contributed by atoms with van der Waals surface area (Å²) in [5.74, 6) is -0.824. The van der Waals surface area contributed by atoms with E-state index >= 15 is 0 Å². The Kier molecular flexibility index (Phi) is 52.4. The van der Waals surface area contributed by atoms with E-state index in [0.717, 1.165) is 96.3 Å². The van der Waals surface area contributed by atoms with E-state index in [1.165, 1.54) is 116 Å². The molecule has 0 aromatic heterocycles. The second kappa shape index (κ2) is 54.7. The Hall–Kier alpha value is -3.07. The Morgan fingerprint density at radius 1 is 0.432 bits per heavy atom. The highest BCUT2D eigenvalue weighted by molar-refractivity contribution is 7.47. The lowest BCUT2D eigenvalue weighted by molar-refractivity contribution is -0.870. The summed E-state index contributed by atoms with van der Waals surface area (Å²) in [6.45, 7) is 4.30. The number of rotatable bonds is 54. The first kappa shape index (κ1) is 70.9. The zero-order valence-electron chi connectivity index (χ0n) is 48.3. The van der Waals surface area contributed by atoms with Gasteiger partial charge in [0.25, 0.3) is 0 Å². The van der Waals surface area contributed by atoms with E-state index in [0.29, 0.717) is 17.4 Å².